The second-order valence-electron chi connectivity index (χ2n) is 1.65. The maximum atomic E-state index is 10.2. The smallest absolute Gasteiger partial charge is 0.543 e. The summed E-state index contributed by atoms with van der Waals surface area (Å²) < 4.78 is 0. The van der Waals surface area contributed by atoms with E-state index in [1.54, 1.807) is 0 Å². The van der Waals surface area contributed by atoms with Gasteiger partial charge in [0.1, 0.15) is 5.69 Å². The summed E-state index contributed by atoms with van der Waals surface area (Å²) in [4.78, 5) is 10.2. The van der Waals surface area contributed by atoms with E-state index in [0.717, 1.165) is 0 Å². The second-order valence-corrected chi connectivity index (χ2v) is 2.45. The van der Waals surface area contributed by atoms with Gasteiger partial charge in [-0.1, -0.05) is 23.2 Å². The maximum Gasteiger partial charge on any atom is 1.00 e. The van der Waals surface area contributed by atoms with Crippen LogP contribution < -0.4 is 24.0 Å². The van der Waals surface area contributed by atoms with Crippen LogP contribution in [0, 0.1) is 0 Å². The van der Waals surface area contributed by atoms with Crippen molar-refractivity contribution in [1.82, 2.24) is 10.2 Å². The molecule has 1 rings (SSSR count). The third kappa shape index (κ3) is 2.65. The van der Waals surface area contributed by atoms with E-state index in [-0.39, 0.29) is 29.0 Å². The van der Waals surface area contributed by atoms with Crippen molar-refractivity contribution in [2.45, 2.75) is 0 Å². The van der Waals surface area contributed by atoms with Gasteiger partial charge < -0.3 is 9.90 Å². The fourth-order valence-corrected chi connectivity index (χ4v) is 0.907. The van der Waals surface area contributed by atoms with Gasteiger partial charge in [-0.25, -0.2) is 0 Å². The molecule has 7 heteroatoms. The Labute approximate surface area is 90.1 Å². The van der Waals surface area contributed by atoms with Gasteiger partial charge in [-0.05, 0) is 6.07 Å². The molecule has 1 aromatic rings. The molecule has 0 aliphatic carbocycles. The van der Waals surface area contributed by atoms with E-state index in [0.29, 0.717) is 0 Å². The van der Waals surface area contributed by atoms with E-state index in [1.165, 1.54) is 6.07 Å². The van der Waals surface area contributed by atoms with Gasteiger partial charge in [0.05, 0.1) is 11.0 Å². The van der Waals surface area contributed by atoms with Crippen LogP contribution in [0.2, 0.25) is 10.2 Å². The maximum absolute atomic E-state index is 10.2. The molecule has 58 valence electrons. The van der Waals surface area contributed by atoms with Crippen LogP contribution in [0.25, 0.3) is 0 Å². The Bertz CT molecular complexity index is 307. The summed E-state index contributed by atoms with van der Waals surface area (Å²) in [7, 11) is 0. The number of rotatable bonds is 1. The predicted molar refractivity (Wildman–Crippen MR) is 36.4 cm³/mol. The third-order valence-corrected chi connectivity index (χ3v) is 1.38. The molecule has 1 aromatic heterocycles. The van der Waals surface area contributed by atoms with Crippen LogP contribution >= 0.6 is 23.2 Å². The number of hydrogen-bond donors (Lipinski definition) is 0. The molecule has 0 aromatic carbocycles. The summed E-state index contributed by atoms with van der Waals surface area (Å²) in [6.45, 7) is 0. The Balaban J connectivity index is 0.00000121. The van der Waals surface area contributed by atoms with E-state index in [9.17, 15) is 9.90 Å². The zero-order valence-electron chi connectivity index (χ0n) is 6.04. The fraction of sp³-hybridized carbons (Fsp3) is 0. The van der Waals surface area contributed by atoms with Crippen molar-refractivity contribution < 1.29 is 28.8 Å². The van der Waals surface area contributed by atoms with Crippen molar-refractivity contribution in [3.8, 4) is 0 Å². The predicted octanol–water partition coefficient (Wildman–Crippen LogP) is -2.85. The molecule has 0 radical (unpaired) electrons. The monoisotopic (exact) mass is 198 g/mol. The molecule has 0 bridgehead atoms. The fourth-order valence-electron chi connectivity index (χ4n) is 0.486. The summed E-state index contributed by atoms with van der Waals surface area (Å²) >= 11 is 10.8. The Morgan fingerprint density at radius 3 is 2.42 bits per heavy atom. The van der Waals surface area contributed by atoms with Crippen molar-refractivity contribution in [3.05, 3.63) is 21.9 Å². The van der Waals surface area contributed by atoms with Crippen LogP contribution in [0.1, 0.15) is 10.5 Å². The van der Waals surface area contributed by atoms with Crippen molar-refractivity contribution in [2.24, 2.45) is 0 Å². The molecule has 12 heavy (non-hydrogen) atoms. The first-order valence-electron chi connectivity index (χ1n) is 2.51. The number of carboxylic acid groups (broad SMARTS) is 1. The van der Waals surface area contributed by atoms with E-state index < -0.39 is 11.7 Å². The quantitative estimate of drug-likeness (QED) is 0.456. The molecule has 0 spiro atoms. The molecule has 0 fully saturated rings. The normalized spacial score (nSPS) is 8.83. The first kappa shape index (κ1) is 11.7. The van der Waals surface area contributed by atoms with Crippen LogP contribution in [-0.2, 0) is 0 Å². The molecule has 0 atom stereocenters. The van der Waals surface area contributed by atoms with Crippen molar-refractivity contribution >= 4 is 29.2 Å². The van der Waals surface area contributed by atoms with E-state index in [2.05, 4.69) is 10.2 Å². The zero-order valence-corrected chi connectivity index (χ0v) is 7.56. The largest absolute Gasteiger partial charge is 1.00 e. The topological polar surface area (TPSA) is 65.9 Å². The molecule has 0 saturated heterocycles. The second kappa shape index (κ2) is 4.68. The van der Waals surface area contributed by atoms with Crippen LogP contribution in [0.15, 0.2) is 6.07 Å². The zero-order chi connectivity index (χ0) is 8.43. The first-order chi connectivity index (χ1) is 5.11. The van der Waals surface area contributed by atoms with Crippen molar-refractivity contribution in [3.63, 3.8) is 0 Å². The van der Waals surface area contributed by atoms with Crippen LogP contribution in [0.3, 0.4) is 0 Å². The van der Waals surface area contributed by atoms with Gasteiger partial charge in [0.2, 0.25) is 0 Å². The number of aromatic carboxylic acids is 1. The minimum absolute atomic E-state index is 0. The number of nitrogens with zero attached hydrogens (tertiary/aromatic N) is 2. The van der Waals surface area contributed by atoms with E-state index in [1.807, 2.05) is 0 Å². The van der Waals surface area contributed by atoms with Gasteiger partial charge in [-0.15, -0.1) is 10.2 Å². The standard InChI is InChI=1S/C5H2Cl2N2O2.Li/c6-2-1-3(7)8-9-4(2)5(10)11;/h1H,(H,10,11);/q;+1/p-1. The number of hydrogen-bond acceptors (Lipinski definition) is 4. The Hall–Kier alpha value is -0.273. The minimum Gasteiger partial charge on any atom is -0.543 e. The molecule has 0 aliphatic rings. The molecular weight excluding hydrogens is 198 g/mol. The molecule has 0 unspecified atom stereocenters. The number of aromatic nitrogens is 2. The van der Waals surface area contributed by atoms with Crippen LogP contribution in [0.4, 0.5) is 0 Å². The molecule has 0 saturated carbocycles. The third-order valence-electron chi connectivity index (χ3n) is 0.911. The molecule has 0 N–H and O–H groups in total. The van der Waals surface area contributed by atoms with Gasteiger partial charge in [-0.3, -0.25) is 0 Å². The first-order valence-corrected chi connectivity index (χ1v) is 3.27. The van der Waals surface area contributed by atoms with Crippen LogP contribution in [-0.4, -0.2) is 16.2 Å². The Morgan fingerprint density at radius 1 is 1.42 bits per heavy atom. The number of carboxylic acids is 1. The molecule has 0 aliphatic heterocycles. The molecule has 0 amide bonds. The van der Waals surface area contributed by atoms with Gasteiger partial charge in [-0.2, -0.15) is 0 Å². The Morgan fingerprint density at radius 2 is 2.00 bits per heavy atom. The van der Waals surface area contributed by atoms with E-state index in [4.69, 9.17) is 23.2 Å². The minimum atomic E-state index is -1.47. The molecular formula is C5HCl2LiN2O2. The molecule has 4 nitrogen and oxygen atoms in total. The SMILES string of the molecule is O=C([O-])c1nnc(Cl)cc1Cl.[Li+]. The van der Waals surface area contributed by atoms with Gasteiger partial charge in [0.15, 0.2) is 5.15 Å². The van der Waals surface area contributed by atoms with Crippen LogP contribution in [0.5, 0.6) is 0 Å². The average Bonchev–Trinajstić information content (AvgIpc) is 1.85. The Kier molecular flexibility index (Phi) is 4.57. The number of halogens is 2. The van der Waals surface area contributed by atoms with Gasteiger partial charge in [0, 0.05) is 0 Å². The molecule has 1 heterocycles. The summed E-state index contributed by atoms with van der Waals surface area (Å²) in [6, 6.07) is 1.18. The van der Waals surface area contributed by atoms with Gasteiger partial charge >= 0.3 is 18.9 Å². The number of carbonyl (C=O) groups excluding carboxylic acids is 1. The number of carbonyl (C=O) groups is 1. The summed E-state index contributed by atoms with van der Waals surface area (Å²) in [5.74, 6) is -1.47. The average molecular weight is 199 g/mol. The summed E-state index contributed by atoms with van der Waals surface area (Å²) in [5, 5.41) is 16.6. The van der Waals surface area contributed by atoms with E-state index >= 15 is 0 Å². The summed E-state index contributed by atoms with van der Waals surface area (Å²) in [5.41, 5.74) is -0.406. The van der Waals surface area contributed by atoms with Crippen molar-refractivity contribution in [1.29, 1.82) is 0 Å². The van der Waals surface area contributed by atoms with Crippen molar-refractivity contribution in [2.75, 3.05) is 0 Å². The van der Waals surface area contributed by atoms with Gasteiger partial charge in [0.25, 0.3) is 0 Å². The summed E-state index contributed by atoms with van der Waals surface area (Å²) in [6.07, 6.45) is 0.